The third-order valence-corrected chi connectivity index (χ3v) is 3.67. The van der Waals surface area contributed by atoms with E-state index in [0.29, 0.717) is 6.54 Å². The van der Waals surface area contributed by atoms with Crippen LogP contribution in [-0.2, 0) is 9.53 Å². The fourth-order valence-electron chi connectivity index (χ4n) is 2.30. The normalized spacial score (nSPS) is 17.0. The van der Waals surface area contributed by atoms with Gasteiger partial charge in [-0.2, -0.15) is 5.26 Å². The molecule has 0 saturated carbocycles. The number of morpholine rings is 1. The summed E-state index contributed by atoms with van der Waals surface area (Å²) in [5.41, 5.74) is 0.0315. The van der Waals surface area contributed by atoms with E-state index in [1.165, 1.54) is 0 Å². The number of rotatable bonds is 6. The van der Waals surface area contributed by atoms with Crippen molar-refractivity contribution >= 4 is 5.91 Å². The zero-order chi connectivity index (χ0) is 16.6. The molecular formula is C16H28N4O2. The maximum absolute atomic E-state index is 12.1. The van der Waals surface area contributed by atoms with Crippen LogP contribution in [0.3, 0.4) is 0 Å². The van der Waals surface area contributed by atoms with Gasteiger partial charge in [-0.15, -0.1) is 0 Å². The summed E-state index contributed by atoms with van der Waals surface area (Å²) in [5, 5.41) is 12.0. The van der Waals surface area contributed by atoms with E-state index >= 15 is 0 Å². The van der Waals surface area contributed by atoms with Crippen LogP contribution in [-0.4, -0.2) is 67.2 Å². The van der Waals surface area contributed by atoms with Crippen molar-refractivity contribution in [3.8, 4) is 6.07 Å². The molecule has 124 valence electrons. The fourth-order valence-corrected chi connectivity index (χ4v) is 2.30. The van der Waals surface area contributed by atoms with Crippen molar-refractivity contribution in [2.75, 3.05) is 45.9 Å². The number of nitriles is 1. The summed E-state index contributed by atoms with van der Waals surface area (Å²) in [6.07, 6.45) is 1.66. The molecule has 0 aromatic carbocycles. The third-order valence-electron chi connectivity index (χ3n) is 3.67. The molecule has 1 fully saturated rings. The molecule has 1 rings (SSSR count). The van der Waals surface area contributed by atoms with Gasteiger partial charge in [0.1, 0.15) is 11.6 Å². The average Bonchev–Trinajstić information content (AvgIpc) is 2.48. The Labute approximate surface area is 133 Å². The number of nitrogens with one attached hydrogen (secondary N) is 1. The summed E-state index contributed by atoms with van der Waals surface area (Å²) < 4.78 is 5.28. The van der Waals surface area contributed by atoms with Crippen LogP contribution in [0, 0.1) is 11.3 Å². The molecule has 6 nitrogen and oxygen atoms in total. The molecule has 1 amide bonds. The molecule has 0 aromatic rings. The lowest BCUT2D eigenvalue weighted by molar-refractivity contribution is -0.117. The quantitative estimate of drug-likeness (QED) is 0.585. The molecule has 1 aliphatic heterocycles. The van der Waals surface area contributed by atoms with E-state index in [4.69, 9.17) is 4.74 Å². The van der Waals surface area contributed by atoms with Crippen molar-refractivity contribution in [3.05, 3.63) is 11.8 Å². The highest BCUT2D eigenvalue weighted by Gasteiger charge is 2.19. The minimum atomic E-state index is -0.307. The van der Waals surface area contributed by atoms with Gasteiger partial charge in [0.2, 0.25) is 0 Å². The van der Waals surface area contributed by atoms with Crippen molar-refractivity contribution in [2.45, 2.75) is 33.2 Å². The third kappa shape index (κ3) is 6.04. The number of hydrogen-bond acceptors (Lipinski definition) is 5. The van der Waals surface area contributed by atoms with Crippen LogP contribution in [0.1, 0.15) is 27.7 Å². The Morgan fingerprint density at radius 2 is 2.05 bits per heavy atom. The van der Waals surface area contributed by atoms with E-state index in [2.05, 4.69) is 31.0 Å². The van der Waals surface area contributed by atoms with Crippen LogP contribution in [0.4, 0.5) is 0 Å². The minimum Gasteiger partial charge on any atom is -0.379 e. The standard InChI is InChI=1S/C16H28N4O2/c1-5-20(16(2,3)4)13-14(12-17)15(21)18-6-7-19-8-10-22-11-9-19/h13H,5-11H2,1-4H3,(H,18,21)/b14-13-. The number of carbonyl (C=O) groups excluding carboxylic acids is 1. The van der Waals surface area contributed by atoms with Gasteiger partial charge in [-0.05, 0) is 27.7 Å². The summed E-state index contributed by atoms with van der Waals surface area (Å²) >= 11 is 0. The lowest BCUT2D eigenvalue weighted by Crippen LogP contribution is -2.42. The second-order valence-electron chi connectivity index (χ2n) is 6.32. The van der Waals surface area contributed by atoms with E-state index in [9.17, 15) is 10.1 Å². The van der Waals surface area contributed by atoms with Gasteiger partial charge in [0.05, 0.1) is 13.2 Å². The molecule has 0 unspecified atom stereocenters. The van der Waals surface area contributed by atoms with E-state index in [0.717, 1.165) is 39.4 Å². The first-order chi connectivity index (χ1) is 10.4. The van der Waals surface area contributed by atoms with Gasteiger partial charge in [0, 0.05) is 44.5 Å². The van der Waals surface area contributed by atoms with Gasteiger partial charge < -0.3 is 15.0 Å². The topological polar surface area (TPSA) is 68.6 Å². The van der Waals surface area contributed by atoms with Crippen LogP contribution in [0.25, 0.3) is 0 Å². The monoisotopic (exact) mass is 308 g/mol. The largest absolute Gasteiger partial charge is 0.379 e. The van der Waals surface area contributed by atoms with Gasteiger partial charge in [-0.1, -0.05) is 0 Å². The Kier molecular flexibility index (Phi) is 7.36. The van der Waals surface area contributed by atoms with E-state index in [1.807, 2.05) is 17.9 Å². The Balaban J connectivity index is 2.51. The molecule has 1 aliphatic rings. The van der Waals surface area contributed by atoms with Crippen molar-refractivity contribution in [3.63, 3.8) is 0 Å². The molecule has 0 bridgehead atoms. The summed E-state index contributed by atoms with van der Waals surface area (Å²) in [7, 11) is 0. The van der Waals surface area contributed by atoms with E-state index < -0.39 is 0 Å². The van der Waals surface area contributed by atoms with Crippen LogP contribution in [0.2, 0.25) is 0 Å². The van der Waals surface area contributed by atoms with Gasteiger partial charge in [-0.25, -0.2) is 0 Å². The minimum absolute atomic E-state index is 0.120. The molecule has 22 heavy (non-hydrogen) atoms. The molecule has 0 atom stereocenters. The Hall–Kier alpha value is -1.58. The Bertz CT molecular complexity index is 428. The first-order valence-corrected chi connectivity index (χ1v) is 7.85. The predicted octanol–water partition coefficient (Wildman–Crippen LogP) is 0.963. The van der Waals surface area contributed by atoms with Crippen molar-refractivity contribution < 1.29 is 9.53 Å². The molecule has 6 heteroatoms. The molecule has 1 heterocycles. The zero-order valence-electron chi connectivity index (χ0n) is 14.2. The highest BCUT2D eigenvalue weighted by atomic mass is 16.5. The number of nitrogens with zero attached hydrogens (tertiary/aromatic N) is 3. The van der Waals surface area contributed by atoms with E-state index in [-0.39, 0.29) is 17.0 Å². The SMILES string of the molecule is CCN(/C=C(/C#N)C(=O)NCCN1CCOCC1)C(C)(C)C. The molecule has 0 radical (unpaired) electrons. The molecular weight excluding hydrogens is 280 g/mol. The number of hydrogen-bond donors (Lipinski definition) is 1. The lowest BCUT2D eigenvalue weighted by atomic mass is 10.1. The average molecular weight is 308 g/mol. The smallest absolute Gasteiger partial charge is 0.263 e. The summed E-state index contributed by atoms with van der Waals surface area (Å²) in [6, 6.07) is 2.00. The van der Waals surface area contributed by atoms with Gasteiger partial charge in [0.15, 0.2) is 0 Å². The molecule has 1 saturated heterocycles. The number of ether oxygens (including phenoxy) is 1. The van der Waals surface area contributed by atoms with Gasteiger partial charge >= 0.3 is 0 Å². The predicted molar refractivity (Wildman–Crippen MR) is 86.1 cm³/mol. The van der Waals surface area contributed by atoms with Crippen LogP contribution in [0.5, 0.6) is 0 Å². The molecule has 1 N–H and O–H groups in total. The number of carbonyl (C=O) groups is 1. The van der Waals surface area contributed by atoms with Crippen molar-refractivity contribution in [1.29, 1.82) is 5.26 Å². The first kappa shape index (κ1) is 18.5. The van der Waals surface area contributed by atoms with Crippen LogP contribution in [0.15, 0.2) is 11.8 Å². The maximum atomic E-state index is 12.1. The maximum Gasteiger partial charge on any atom is 0.263 e. The Morgan fingerprint density at radius 1 is 1.41 bits per heavy atom. The zero-order valence-corrected chi connectivity index (χ0v) is 14.2. The lowest BCUT2D eigenvalue weighted by Gasteiger charge is -2.34. The van der Waals surface area contributed by atoms with Crippen molar-refractivity contribution in [1.82, 2.24) is 15.1 Å². The highest BCUT2D eigenvalue weighted by molar-refractivity contribution is 5.97. The molecule has 0 aliphatic carbocycles. The fraction of sp³-hybridized carbons (Fsp3) is 0.750. The summed E-state index contributed by atoms with van der Waals surface area (Å²) in [4.78, 5) is 16.4. The van der Waals surface area contributed by atoms with Crippen molar-refractivity contribution in [2.24, 2.45) is 0 Å². The first-order valence-electron chi connectivity index (χ1n) is 7.85. The second-order valence-corrected chi connectivity index (χ2v) is 6.32. The Morgan fingerprint density at radius 3 is 2.55 bits per heavy atom. The highest BCUT2D eigenvalue weighted by Crippen LogP contribution is 2.14. The van der Waals surface area contributed by atoms with Gasteiger partial charge in [-0.3, -0.25) is 9.69 Å². The van der Waals surface area contributed by atoms with E-state index in [1.54, 1.807) is 6.20 Å². The van der Waals surface area contributed by atoms with Crippen LogP contribution >= 0.6 is 0 Å². The molecule has 0 spiro atoms. The number of amides is 1. The summed E-state index contributed by atoms with van der Waals surface area (Å²) in [6.45, 7) is 13.5. The van der Waals surface area contributed by atoms with Gasteiger partial charge in [0.25, 0.3) is 5.91 Å². The molecule has 0 aromatic heterocycles. The van der Waals surface area contributed by atoms with Crippen LogP contribution < -0.4 is 5.32 Å². The summed E-state index contributed by atoms with van der Waals surface area (Å²) in [5.74, 6) is -0.307. The second kappa shape index (κ2) is 8.76.